The number of ether oxygens (including phenoxy) is 1. The largest absolute Gasteiger partial charge is 0.393 e. The molecule has 2 aliphatic heterocycles. The molecule has 49 heavy (non-hydrogen) atoms. The summed E-state index contributed by atoms with van der Waals surface area (Å²) >= 11 is 0. The molecule has 0 spiro atoms. The first-order valence-electron chi connectivity index (χ1n) is 16.8. The van der Waals surface area contributed by atoms with Gasteiger partial charge in [0, 0.05) is 63.6 Å². The molecular formula is C32H42F5N9O3. The van der Waals surface area contributed by atoms with Gasteiger partial charge in [-0.25, -0.2) is 23.3 Å². The Morgan fingerprint density at radius 1 is 1.16 bits per heavy atom. The highest BCUT2D eigenvalue weighted by Crippen LogP contribution is 2.42. The number of nitrogens with one attached hydrogen (secondary N) is 2. The van der Waals surface area contributed by atoms with Crippen LogP contribution in [0.5, 0.6) is 0 Å². The Kier molecular flexibility index (Phi) is 10.2. The summed E-state index contributed by atoms with van der Waals surface area (Å²) < 4.78 is 77.9. The van der Waals surface area contributed by atoms with Gasteiger partial charge in [-0.1, -0.05) is 0 Å². The number of hydrogen-bond donors (Lipinski definition) is 2. The normalized spacial score (nSPS) is 23.1. The van der Waals surface area contributed by atoms with Crippen molar-refractivity contribution in [1.29, 1.82) is 0 Å². The third kappa shape index (κ3) is 8.19. The van der Waals surface area contributed by atoms with Gasteiger partial charge in [0.05, 0.1) is 41.8 Å². The van der Waals surface area contributed by atoms with E-state index < -0.39 is 48.3 Å². The SMILES string of the molecule is CN(C)CCn1nccc1C(=O)N[C@H](c1cn2nc(C[C@H]3C[C@@H](C(F)(F)F)CNC3=O)c(C3CCOCC3)nc2n1)C1CCC(F)(F)CC1. The number of hydrogen-bond acceptors (Lipinski definition) is 8. The van der Waals surface area contributed by atoms with Crippen LogP contribution in [-0.2, 0) is 22.5 Å². The molecule has 5 heterocycles. The minimum Gasteiger partial charge on any atom is -0.381 e. The molecule has 3 fully saturated rings. The lowest BCUT2D eigenvalue weighted by Gasteiger charge is -2.33. The maximum absolute atomic E-state index is 14.2. The Morgan fingerprint density at radius 2 is 1.90 bits per heavy atom. The Balaban J connectivity index is 1.34. The van der Waals surface area contributed by atoms with Gasteiger partial charge in [-0.2, -0.15) is 23.4 Å². The maximum atomic E-state index is 14.2. The van der Waals surface area contributed by atoms with Gasteiger partial charge in [-0.3, -0.25) is 14.3 Å². The lowest BCUT2D eigenvalue weighted by atomic mass is 9.81. The Bertz CT molecular complexity index is 1630. The van der Waals surface area contributed by atoms with Crippen molar-refractivity contribution in [3.8, 4) is 0 Å². The van der Waals surface area contributed by atoms with Crippen LogP contribution >= 0.6 is 0 Å². The van der Waals surface area contributed by atoms with E-state index in [0.717, 1.165) is 0 Å². The maximum Gasteiger partial charge on any atom is 0.393 e. The highest BCUT2D eigenvalue weighted by Gasteiger charge is 2.45. The van der Waals surface area contributed by atoms with Crippen LogP contribution in [0.25, 0.3) is 5.78 Å². The molecule has 1 aliphatic carbocycles. The van der Waals surface area contributed by atoms with E-state index in [4.69, 9.17) is 19.8 Å². The zero-order valence-electron chi connectivity index (χ0n) is 27.6. The average Bonchev–Trinajstić information content (AvgIpc) is 3.70. The van der Waals surface area contributed by atoms with Gasteiger partial charge in [0.1, 0.15) is 5.69 Å². The smallest absolute Gasteiger partial charge is 0.381 e. The molecule has 17 heteroatoms. The molecule has 268 valence electrons. The lowest BCUT2D eigenvalue weighted by molar-refractivity contribution is -0.183. The summed E-state index contributed by atoms with van der Waals surface area (Å²) in [5.74, 6) is -6.56. The molecule has 2 N–H and O–H groups in total. The van der Waals surface area contributed by atoms with Crippen molar-refractivity contribution in [3.05, 3.63) is 41.2 Å². The van der Waals surface area contributed by atoms with Gasteiger partial charge in [0.2, 0.25) is 11.8 Å². The van der Waals surface area contributed by atoms with E-state index in [9.17, 15) is 31.5 Å². The molecule has 1 saturated carbocycles. The topological polar surface area (TPSA) is 132 Å². The predicted octanol–water partition coefficient (Wildman–Crippen LogP) is 3.93. The molecule has 3 atom stereocenters. The van der Waals surface area contributed by atoms with Crippen molar-refractivity contribution < 1.29 is 36.3 Å². The Labute approximate surface area is 280 Å². The Hall–Kier alpha value is -3.73. The number of carbonyl (C=O) groups is 2. The van der Waals surface area contributed by atoms with Crippen LogP contribution in [0, 0.1) is 17.8 Å². The highest BCUT2D eigenvalue weighted by atomic mass is 19.4. The van der Waals surface area contributed by atoms with Crippen LogP contribution in [0.3, 0.4) is 0 Å². The number of fused-ring (bicyclic) bond motifs is 1. The van der Waals surface area contributed by atoms with Gasteiger partial charge < -0.3 is 20.3 Å². The van der Waals surface area contributed by atoms with Crippen molar-refractivity contribution in [2.24, 2.45) is 17.8 Å². The number of carbonyl (C=O) groups excluding carboxylic acids is 2. The average molecular weight is 696 g/mol. The number of rotatable bonds is 10. The number of likely N-dealkylation sites (N-methyl/N-ethyl adjacent to an activating group) is 1. The zero-order valence-corrected chi connectivity index (χ0v) is 27.6. The fourth-order valence-corrected chi connectivity index (χ4v) is 7.08. The summed E-state index contributed by atoms with van der Waals surface area (Å²) in [6.45, 7) is 1.60. The summed E-state index contributed by atoms with van der Waals surface area (Å²) in [5.41, 5.74) is 1.65. The van der Waals surface area contributed by atoms with Crippen LogP contribution in [0.1, 0.15) is 84.5 Å². The molecule has 0 radical (unpaired) electrons. The van der Waals surface area contributed by atoms with E-state index in [1.807, 2.05) is 19.0 Å². The second-order valence-electron chi connectivity index (χ2n) is 13.7. The van der Waals surface area contributed by atoms with Crippen LogP contribution in [0.15, 0.2) is 18.5 Å². The zero-order chi connectivity index (χ0) is 34.9. The van der Waals surface area contributed by atoms with E-state index in [0.29, 0.717) is 61.9 Å². The minimum absolute atomic E-state index is 0.0453. The second-order valence-corrected chi connectivity index (χ2v) is 13.7. The quantitative estimate of drug-likeness (QED) is 0.305. The van der Waals surface area contributed by atoms with Gasteiger partial charge in [-0.05, 0) is 58.2 Å². The number of halogens is 5. The summed E-state index contributed by atoms with van der Waals surface area (Å²) in [6, 6.07) is 0.845. The van der Waals surface area contributed by atoms with Crippen molar-refractivity contribution in [2.45, 2.75) is 82.0 Å². The van der Waals surface area contributed by atoms with Crippen molar-refractivity contribution in [3.63, 3.8) is 0 Å². The Morgan fingerprint density at radius 3 is 2.59 bits per heavy atom. The number of alkyl halides is 5. The third-order valence-electron chi connectivity index (χ3n) is 9.95. The summed E-state index contributed by atoms with van der Waals surface area (Å²) in [6.07, 6.45) is -0.846. The molecule has 12 nitrogen and oxygen atoms in total. The van der Waals surface area contributed by atoms with Crippen LogP contribution < -0.4 is 10.6 Å². The molecule has 3 aliphatic rings. The standard InChI is InChI=1S/C32H42F5N9O3/c1-44(2)11-12-45-25(5-10-39-45)29(48)41-27(19-3-8-31(33,34)9-4-19)24-18-46-30(40-24)42-26(20-6-13-49-14-7-20)23(43-46)16-21-15-22(32(35,36)37)17-38-28(21)47/h5,10,18-22,27H,3-4,6-9,11-17H2,1-2H3,(H,38,47)(H,41,48)/t21-,22-,27+/m1/s1. The van der Waals surface area contributed by atoms with Crippen molar-refractivity contribution >= 4 is 17.6 Å². The number of nitrogens with zero attached hydrogens (tertiary/aromatic N) is 7. The summed E-state index contributed by atoms with van der Waals surface area (Å²) in [7, 11) is 3.82. The third-order valence-corrected chi connectivity index (χ3v) is 9.95. The van der Waals surface area contributed by atoms with E-state index in [2.05, 4.69) is 15.7 Å². The molecule has 0 unspecified atom stereocenters. The van der Waals surface area contributed by atoms with Crippen LogP contribution in [-0.4, -0.2) is 98.6 Å². The van der Waals surface area contributed by atoms with E-state index in [1.165, 1.54) is 10.7 Å². The molecule has 6 rings (SSSR count). The molecule has 3 aromatic heterocycles. The van der Waals surface area contributed by atoms with Gasteiger partial charge >= 0.3 is 6.18 Å². The minimum atomic E-state index is -4.45. The molecule has 0 bridgehead atoms. The van der Waals surface area contributed by atoms with Crippen molar-refractivity contribution in [2.75, 3.05) is 40.4 Å². The van der Waals surface area contributed by atoms with Gasteiger partial charge in [-0.15, -0.1) is 0 Å². The predicted molar refractivity (Wildman–Crippen MR) is 166 cm³/mol. The molecular weight excluding hydrogens is 653 g/mol. The molecule has 2 saturated heterocycles. The fraction of sp³-hybridized carbons (Fsp3) is 0.688. The van der Waals surface area contributed by atoms with E-state index >= 15 is 0 Å². The first-order valence-corrected chi connectivity index (χ1v) is 16.8. The van der Waals surface area contributed by atoms with Gasteiger partial charge in [0.25, 0.3) is 11.7 Å². The second kappa shape index (κ2) is 14.2. The lowest BCUT2D eigenvalue weighted by Crippen LogP contribution is -2.47. The first kappa shape index (κ1) is 35.1. The number of aromatic nitrogens is 6. The molecule has 3 aromatic rings. The number of piperidine rings is 1. The van der Waals surface area contributed by atoms with Gasteiger partial charge in [0.15, 0.2) is 0 Å². The first-order chi connectivity index (χ1) is 23.3. The van der Waals surface area contributed by atoms with E-state index in [1.54, 1.807) is 16.9 Å². The monoisotopic (exact) mass is 695 g/mol. The van der Waals surface area contributed by atoms with E-state index in [-0.39, 0.29) is 56.1 Å². The van der Waals surface area contributed by atoms with Crippen molar-refractivity contribution in [1.82, 2.24) is 44.9 Å². The highest BCUT2D eigenvalue weighted by molar-refractivity contribution is 5.92. The summed E-state index contributed by atoms with van der Waals surface area (Å²) in [4.78, 5) is 38.0. The van der Waals surface area contributed by atoms with Crippen LogP contribution in [0.4, 0.5) is 22.0 Å². The molecule has 0 aromatic carbocycles. The fourth-order valence-electron chi connectivity index (χ4n) is 7.08. The summed E-state index contributed by atoms with van der Waals surface area (Å²) in [5, 5.41) is 14.5. The molecule has 2 amide bonds. The van der Waals surface area contributed by atoms with Crippen LogP contribution in [0.2, 0.25) is 0 Å². The number of amides is 2. The number of imidazole rings is 1.